The Morgan fingerprint density at radius 3 is 2.94 bits per heavy atom. The Morgan fingerprint density at radius 2 is 2.25 bits per heavy atom. The van der Waals surface area contributed by atoms with Crippen LogP contribution in [0.1, 0.15) is 24.5 Å². The second kappa shape index (κ2) is 4.46. The first kappa shape index (κ1) is 11.5. The van der Waals surface area contributed by atoms with E-state index in [2.05, 4.69) is 6.07 Å². The molecule has 2 nitrogen and oxygen atoms in total. The molecule has 2 rings (SSSR count). The molecule has 0 fully saturated rings. The van der Waals surface area contributed by atoms with Crippen molar-refractivity contribution in [3.05, 3.63) is 29.3 Å². The average molecular weight is 238 g/mol. The van der Waals surface area contributed by atoms with Crippen LogP contribution in [0.2, 0.25) is 0 Å². The first-order chi connectivity index (χ1) is 7.61. The van der Waals surface area contributed by atoms with Gasteiger partial charge in [-0.2, -0.15) is 0 Å². The van der Waals surface area contributed by atoms with Crippen LogP contribution in [0, 0.1) is 6.92 Å². The maximum atomic E-state index is 12.0. The number of carbonyl (C=O) groups excluding carboxylic acids is 1. The van der Waals surface area contributed by atoms with Gasteiger partial charge < -0.3 is 4.90 Å². The van der Waals surface area contributed by atoms with Crippen LogP contribution in [-0.2, 0) is 11.2 Å². The standard InChI is InChI=1S/C13H16ClNO/c1-9-5-3-6-11-7-4-8-15(12(9)11)13(16)10(2)14/h3,5-6,10H,4,7-8H2,1-2H3. The first-order valence-electron chi connectivity index (χ1n) is 5.65. The topological polar surface area (TPSA) is 20.3 Å². The molecule has 0 bridgehead atoms. The lowest BCUT2D eigenvalue weighted by atomic mass is 9.98. The van der Waals surface area contributed by atoms with Crippen molar-refractivity contribution in [3.8, 4) is 0 Å². The molecule has 0 aliphatic carbocycles. The highest BCUT2D eigenvalue weighted by atomic mass is 35.5. The Labute approximate surface area is 101 Å². The van der Waals surface area contributed by atoms with Crippen LogP contribution < -0.4 is 4.90 Å². The van der Waals surface area contributed by atoms with Gasteiger partial charge in [0.15, 0.2) is 0 Å². The van der Waals surface area contributed by atoms with E-state index in [4.69, 9.17) is 11.6 Å². The van der Waals surface area contributed by atoms with Crippen molar-refractivity contribution >= 4 is 23.2 Å². The second-order valence-corrected chi connectivity index (χ2v) is 4.95. The number of benzene rings is 1. The second-order valence-electron chi connectivity index (χ2n) is 4.29. The molecule has 1 atom stereocenters. The van der Waals surface area contributed by atoms with Crippen molar-refractivity contribution in [2.24, 2.45) is 0 Å². The van der Waals surface area contributed by atoms with Crippen LogP contribution in [0.15, 0.2) is 18.2 Å². The van der Waals surface area contributed by atoms with E-state index < -0.39 is 5.38 Å². The Kier molecular flexibility index (Phi) is 3.20. The maximum absolute atomic E-state index is 12.0. The van der Waals surface area contributed by atoms with Gasteiger partial charge in [0, 0.05) is 12.2 Å². The minimum Gasteiger partial charge on any atom is -0.311 e. The summed E-state index contributed by atoms with van der Waals surface area (Å²) in [5.74, 6) is 0.0110. The Morgan fingerprint density at radius 1 is 1.50 bits per heavy atom. The molecule has 1 aliphatic heterocycles. The fraction of sp³-hybridized carbons (Fsp3) is 0.462. The summed E-state index contributed by atoms with van der Waals surface area (Å²) in [5, 5.41) is -0.453. The molecule has 86 valence electrons. The monoisotopic (exact) mass is 237 g/mol. The lowest BCUT2D eigenvalue weighted by molar-refractivity contribution is -0.118. The Hall–Kier alpha value is -1.02. The quantitative estimate of drug-likeness (QED) is 0.688. The zero-order chi connectivity index (χ0) is 11.7. The molecule has 1 aromatic carbocycles. The molecule has 3 heteroatoms. The van der Waals surface area contributed by atoms with Crippen molar-refractivity contribution in [2.45, 2.75) is 32.1 Å². The van der Waals surface area contributed by atoms with Crippen molar-refractivity contribution in [2.75, 3.05) is 11.4 Å². The smallest absolute Gasteiger partial charge is 0.244 e. The zero-order valence-corrected chi connectivity index (χ0v) is 10.4. The summed E-state index contributed by atoms with van der Waals surface area (Å²) in [6.07, 6.45) is 2.07. The van der Waals surface area contributed by atoms with E-state index in [9.17, 15) is 4.79 Å². The minimum atomic E-state index is -0.453. The van der Waals surface area contributed by atoms with Crippen LogP contribution >= 0.6 is 11.6 Å². The lowest BCUT2D eigenvalue weighted by Gasteiger charge is -2.31. The summed E-state index contributed by atoms with van der Waals surface area (Å²) in [5.41, 5.74) is 3.49. The number of rotatable bonds is 1. The highest BCUT2D eigenvalue weighted by Crippen LogP contribution is 2.31. The number of anilines is 1. The summed E-state index contributed by atoms with van der Waals surface area (Å²) < 4.78 is 0. The van der Waals surface area contributed by atoms with Gasteiger partial charge in [0.2, 0.25) is 5.91 Å². The third-order valence-electron chi connectivity index (χ3n) is 3.03. The van der Waals surface area contributed by atoms with Crippen molar-refractivity contribution < 1.29 is 4.79 Å². The van der Waals surface area contributed by atoms with Gasteiger partial charge in [0.25, 0.3) is 0 Å². The summed E-state index contributed by atoms with van der Waals surface area (Å²) in [4.78, 5) is 13.8. The number of aryl methyl sites for hydroxylation is 2. The van der Waals surface area contributed by atoms with E-state index in [0.717, 1.165) is 30.6 Å². The number of nitrogens with zero attached hydrogens (tertiary/aromatic N) is 1. The molecule has 1 heterocycles. The van der Waals surface area contributed by atoms with E-state index in [0.29, 0.717) is 0 Å². The van der Waals surface area contributed by atoms with Crippen molar-refractivity contribution in [3.63, 3.8) is 0 Å². The van der Waals surface area contributed by atoms with Crippen LogP contribution in [0.25, 0.3) is 0 Å². The van der Waals surface area contributed by atoms with Gasteiger partial charge >= 0.3 is 0 Å². The van der Waals surface area contributed by atoms with Gasteiger partial charge in [0.1, 0.15) is 5.38 Å². The lowest BCUT2D eigenvalue weighted by Crippen LogP contribution is -2.39. The number of halogens is 1. The fourth-order valence-corrected chi connectivity index (χ4v) is 2.40. The number of para-hydroxylation sites is 1. The highest BCUT2D eigenvalue weighted by molar-refractivity contribution is 6.32. The number of fused-ring (bicyclic) bond motifs is 1. The zero-order valence-electron chi connectivity index (χ0n) is 9.66. The fourth-order valence-electron chi connectivity index (χ4n) is 2.28. The minimum absolute atomic E-state index is 0.0110. The largest absolute Gasteiger partial charge is 0.311 e. The molecule has 0 aromatic heterocycles. The molecule has 0 saturated heterocycles. The average Bonchev–Trinajstić information content (AvgIpc) is 2.27. The van der Waals surface area contributed by atoms with E-state index in [1.807, 2.05) is 24.0 Å². The van der Waals surface area contributed by atoms with E-state index in [1.165, 1.54) is 5.56 Å². The molecule has 16 heavy (non-hydrogen) atoms. The van der Waals surface area contributed by atoms with E-state index >= 15 is 0 Å². The molecule has 1 amide bonds. The summed E-state index contributed by atoms with van der Waals surface area (Å²) in [6.45, 7) is 4.56. The van der Waals surface area contributed by atoms with Crippen LogP contribution in [0.4, 0.5) is 5.69 Å². The van der Waals surface area contributed by atoms with Crippen LogP contribution in [0.3, 0.4) is 0 Å². The van der Waals surface area contributed by atoms with Gasteiger partial charge in [-0.1, -0.05) is 18.2 Å². The normalized spacial score (nSPS) is 16.8. The Balaban J connectivity index is 2.43. The van der Waals surface area contributed by atoms with Gasteiger partial charge in [-0.3, -0.25) is 4.79 Å². The maximum Gasteiger partial charge on any atom is 0.244 e. The predicted molar refractivity (Wildman–Crippen MR) is 67.2 cm³/mol. The van der Waals surface area contributed by atoms with Crippen molar-refractivity contribution in [1.29, 1.82) is 0 Å². The van der Waals surface area contributed by atoms with Crippen molar-refractivity contribution in [1.82, 2.24) is 0 Å². The third kappa shape index (κ3) is 1.94. The van der Waals surface area contributed by atoms with Gasteiger partial charge in [-0.05, 0) is 37.8 Å². The van der Waals surface area contributed by atoms with Gasteiger partial charge in [-0.15, -0.1) is 11.6 Å². The molecule has 0 N–H and O–H groups in total. The summed E-state index contributed by atoms with van der Waals surface area (Å²) in [7, 11) is 0. The molecule has 0 saturated carbocycles. The predicted octanol–water partition coefficient (Wildman–Crippen LogP) is 2.90. The summed E-state index contributed by atoms with van der Waals surface area (Å²) in [6, 6.07) is 6.19. The third-order valence-corrected chi connectivity index (χ3v) is 3.21. The summed E-state index contributed by atoms with van der Waals surface area (Å²) >= 11 is 5.89. The molecule has 0 radical (unpaired) electrons. The van der Waals surface area contributed by atoms with Gasteiger partial charge in [-0.25, -0.2) is 0 Å². The molecular weight excluding hydrogens is 222 g/mol. The Bertz CT molecular complexity index is 414. The number of hydrogen-bond acceptors (Lipinski definition) is 1. The molecule has 1 aromatic rings. The van der Waals surface area contributed by atoms with Crippen LogP contribution in [-0.4, -0.2) is 17.8 Å². The highest BCUT2D eigenvalue weighted by Gasteiger charge is 2.26. The van der Waals surface area contributed by atoms with Gasteiger partial charge in [0.05, 0.1) is 0 Å². The van der Waals surface area contributed by atoms with E-state index in [1.54, 1.807) is 6.92 Å². The number of amides is 1. The first-order valence-corrected chi connectivity index (χ1v) is 6.09. The molecule has 0 spiro atoms. The SMILES string of the molecule is Cc1cccc2c1N(C(=O)C(C)Cl)CCC2. The number of alkyl halides is 1. The van der Waals surface area contributed by atoms with Crippen LogP contribution in [0.5, 0.6) is 0 Å². The molecule has 1 unspecified atom stereocenters. The number of hydrogen-bond donors (Lipinski definition) is 0. The molecular formula is C13H16ClNO. The molecule has 1 aliphatic rings. The van der Waals surface area contributed by atoms with E-state index in [-0.39, 0.29) is 5.91 Å². The number of carbonyl (C=O) groups is 1.